The predicted molar refractivity (Wildman–Crippen MR) is 116 cm³/mol. The zero-order valence-corrected chi connectivity index (χ0v) is 17.7. The van der Waals surface area contributed by atoms with Gasteiger partial charge in [0.2, 0.25) is 0 Å². The van der Waals surface area contributed by atoms with E-state index >= 15 is 0 Å². The molecule has 0 spiro atoms. The minimum Gasteiger partial charge on any atom is -0.497 e. The number of hydrogen-bond donors (Lipinski definition) is 3. The lowest BCUT2D eigenvalue weighted by Crippen LogP contribution is -2.47. The van der Waals surface area contributed by atoms with Gasteiger partial charge in [-0.05, 0) is 41.8 Å². The summed E-state index contributed by atoms with van der Waals surface area (Å²) in [6.45, 7) is 3.25. The van der Waals surface area contributed by atoms with Crippen molar-refractivity contribution in [1.29, 1.82) is 0 Å². The quantitative estimate of drug-likeness (QED) is 0.308. The van der Waals surface area contributed by atoms with E-state index < -0.39 is 34.7 Å². The molecule has 0 fully saturated rings. The molecule has 1 unspecified atom stereocenters. The normalized spacial score (nSPS) is 12.1. The van der Waals surface area contributed by atoms with Crippen LogP contribution >= 0.6 is 0 Å². The Morgan fingerprint density at radius 3 is 2.31 bits per heavy atom. The molecule has 0 heterocycles. The van der Waals surface area contributed by atoms with Crippen LogP contribution in [-0.2, 0) is 9.59 Å². The molecule has 0 aliphatic carbocycles. The van der Waals surface area contributed by atoms with E-state index in [9.17, 15) is 29.6 Å². The fourth-order valence-electron chi connectivity index (χ4n) is 2.72. The molecule has 2 rings (SSSR count). The number of nitrogens with one attached hydrogen (secondary N) is 2. The van der Waals surface area contributed by atoms with E-state index in [4.69, 9.17) is 4.74 Å². The van der Waals surface area contributed by atoms with Crippen molar-refractivity contribution >= 4 is 29.5 Å². The molecular weight excluding hydrogens is 418 g/mol. The van der Waals surface area contributed by atoms with Gasteiger partial charge >= 0.3 is 5.97 Å². The van der Waals surface area contributed by atoms with Crippen molar-refractivity contribution in [2.45, 2.75) is 19.9 Å². The number of ether oxygens (including phenoxy) is 1. The second kappa shape index (κ2) is 10.7. The van der Waals surface area contributed by atoms with Crippen molar-refractivity contribution in [2.75, 3.05) is 7.11 Å². The number of rotatable bonds is 9. The van der Waals surface area contributed by atoms with Crippen LogP contribution in [0.4, 0.5) is 5.69 Å². The summed E-state index contributed by atoms with van der Waals surface area (Å²) in [6, 6.07) is 10.4. The molecule has 0 aliphatic rings. The molecule has 0 radical (unpaired) electrons. The first-order valence-corrected chi connectivity index (χ1v) is 9.57. The third-order valence-electron chi connectivity index (χ3n) is 4.46. The fourth-order valence-corrected chi connectivity index (χ4v) is 2.72. The predicted octanol–water partition coefficient (Wildman–Crippen LogP) is 2.60. The van der Waals surface area contributed by atoms with Crippen LogP contribution in [0.3, 0.4) is 0 Å². The van der Waals surface area contributed by atoms with Crippen molar-refractivity contribution in [3.63, 3.8) is 0 Å². The lowest BCUT2D eigenvalue weighted by molar-refractivity contribution is -0.384. The number of benzene rings is 2. The number of aliphatic carboxylic acids is 1. The molecule has 1 atom stereocenters. The fraction of sp³-hybridized carbons (Fsp3) is 0.227. The molecule has 0 aromatic heterocycles. The molecule has 2 amide bonds. The number of non-ortho nitro benzene ring substituents is 1. The summed E-state index contributed by atoms with van der Waals surface area (Å²) in [5.74, 6) is -2.60. The molecule has 168 valence electrons. The summed E-state index contributed by atoms with van der Waals surface area (Å²) >= 11 is 0. The first kappa shape index (κ1) is 24.1. The third-order valence-corrected chi connectivity index (χ3v) is 4.46. The molecule has 2 aromatic carbocycles. The summed E-state index contributed by atoms with van der Waals surface area (Å²) in [6.07, 6.45) is 1.24. The average Bonchev–Trinajstić information content (AvgIpc) is 2.76. The first-order chi connectivity index (χ1) is 15.1. The van der Waals surface area contributed by atoms with Crippen LogP contribution in [-0.4, -0.2) is 41.0 Å². The minimum atomic E-state index is -1.23. The molecule has 10 heteroatoms. The maximum atomic E-state index is 12.8. The largest absolute Gasteiger partial charge is 0.497 e. The standard InChI is InChI=1S/C22H23N3O7/c1-13(2)19(22(28)29)24-21(27)18(12-14-5-4-6-16(11-14)25(30)31)23-20(26)15-7-9-17(32-3)10-8-15/h4-13,19H,1-3H3,(H,23,26)(H,24,27)(H,28,29). The number of carboxylic acids is 1. The molecule has 10 nitrogen and oxygen atoms in total. The summed E-state index contributed by atoms with van der Waals surface area (Å²) in [4.78, 5) is 47.4. The Morgan fingerprint density at radius 1 is 1.12 bits per heavy atom. The number of carbonyl (C=O) groups excluding carboxylic acids is 2. The summed E-state index contributed by atoms with van der Waals surface area (Å²) < 4.78 is 5.05. The van der Waals surface area contributed by atoms with Gasteiger partial charge in [0.05, 0.1) is 12.0 Å². The van der Waals surface area contributed by atoms with Gasteiger partial charge in [-0.2, -0.15) is 0 Å². The highest BCUT2D eigenvalue weighted by Gasteiger charge is 2.26. The van der Waals surface area contributed by atoms with E-state index in [0.29, 0.717) is 5.75 Å². The summed E-state index contributed by atoms with van der Waals surface area (Å²) in [5.41, 5.74) is 0.0294. The SMILES string of the molecule is COc1ccc(C(=O)NC(=Cc2cccc([N+](=O)[O-])c2)C(=O)NC(C(=O)O)C(C)C)cc1. The van der Waals surface area contributed by atoms with Crippen molar-refractivity contribution in [2.24, 2.45) is 5.92 Å². The van der Waals surface area contributed by atoms with E-state index in [2.05, 4.69) is 10.6 Å². The first-order valence-electron chi connectivity index (χ1n) is 9.57. The third kappa shape index (κ3) is 6.39. The summed E-state index contributed by atoms with van der Waals surface area (Å²) in [5, 5.41) is 25.2. The number of nitrogens with zero attached hydrogens (tertiary/aromatic N) is 1. The van der Waals surface area contributed by atoms with Gasteiger partial charge in [0, 0.05) is 17.7 Å². The topological polar surface area (TPSA) is 148 Å². The van der Waals surface area contributed by atoms with Crippen LogP contribution in [0.15, 0.2) is 54.2 Å². The number of nitro groups is 1. The molecule has 0 aliphatic heterocycles. The van der Waals surface area contributed by atoms with Crippen molar-refractivity contribution < 1.29 is 29.2 Å². The van der Waals surface area contributed by atoms with Crippen LogP contribution in [0.5, 0.6) is 5.75 Å². The maximum Gasteiger partial charge on any atom is 0.326 e. The Balaban J connectivity index is 2.40. The number of methoxy groups -OCH3 is 1. The van der Waals surface area contributed by atoms with Crippen LogP contribution in [0.1, 0.15) is 29.8 Å². The van der Waals surface area contributed by atoms with E-state index in [1.54, 1.807) is 26.0 Å². The maximum absolute atomic E-state index is 12.8. The second-order valence-electron chi connectivity index (χ2n) is 7.13. The van der Waals surface area contributed by atoms with Gasteiger partial charge in [-0.1, -0.05) is 26.0 Å². The van der Waals surface area contributed by atoms with Gasteiger partial charge < -0.3 is 20.5 Å². The zero-order chi connectivity index (χ0) is 23.8. The van der Waals surface area contributed by atoms with Gasteiger partial charge in [0.15, 0.2) is 0 Å². The highest BCUT2D eigenvalue weighted by Crippen LogP contribution is 2.17. The Hall–Kier alpha value is -4.21. The molecule has 0 saturated heterocycles. The van der Waals surface area contributed by atoms with E-state index in [-0.39, 0.29) is 22.5 Å². The molecule has 32 heavy (non-hydrogen) atoms. The molecular formula is C22H23N3O7. The van der Waals surface area contributed by atoms with Crippen LogP contribution in [0.25, 0.3) is 6.08 Å². The van der Waals surface area contributed by atoms with E-state index in [1.807, 2.05) is 0 Å². The van der Waals surface area contributed by atoms with Crippen molar-refractivity contribution in [3.05, 3.63) is 75.5 Å². The molecule has 0 bridgehead atoms. The molecule has 2 aromatic rings. The van der Waals surface area contributed by atoms with Gasteiger partial charge in [-0.25, -0.2) is 4.79 Å². The lowest BCUT2D eigenvalue weighted by atomic mass is 10.0. The Kier molecular flexibility index (Phi) is 8.05. The number of hydrogen-bond acceptors (Lipinski definition) is 6. The monoisotopic (exact) mass is 441 g/mol. The Bertz CT molecular complexity index is 1050. The number of carboxylic acid groups (broad SMARTS) is 1. The van der Waals surface area contributed by atoms with Crippen LogP contribution in [0, 0.1) is 16.0 Å². The van der Waals surface area contributed by atoms with Gasteiger partial charge in [0.25, 0.3) is 17.5 Å². The number of amides is 2. The van der Waals surface area contributed by atoms with E-state index in [0.717, 1.165) is 0 Å². The average molecular weight is 441 g/mol. The zero-order valence-electron chi connectivity index (χ0n) is 17.7. The lowest BCUT2D eigenvalue weighted by Gasteiger charge is -2.19. The minimum absolute atomic E-state index is 0.203. The van der Waals surface area contributed by atoms with E-state index in [1.165, 1.54) is 49.6 Å². The van der Waals surface area contributed by atoms with Crippen molar-refractivity contribution in [3.8, 4) is 5.75 Å². The van der Waals surface area contributed by atoms with Crippen molar-refractivity contribution in [1.82, 2.24) is 10.6 Å². The highest BCUT2D eigenvalue weighted by atomic mass is 16.6. The Labute approximate surface area is 184 Å². The van der Waals surface area contributed by atoms with Gasteiger partial charge in [0.1, 0.15) is 17.5 Å². The highest BCUT2D eigenvalue weighted by molar-refractivity contribution is 6.06. The summed E-state index contributed by atoms with van der Waals surface area (Å²) in [7, 11) is 1.48. The van der Waals surface area contributed by atoms with Gasteiger partial charge in [-0.15, -0.1) is 0 Å². The molecule has 0 saturated carbocycles. The Morgan fingerprint density at radius 2 is 1.78 bits per heavy atom. The number of nitro benzene ring substituents is 1. The second-order valence-corrected chi connectivity index (χ2v) is 7.13. The van der Waals surface area contributed by atoms with Gasteiger partial charge in [-0.3, -0.25) is 19.7 Å². The molecule has 3 N–H and O–H groups in total. The van der Waals surface area contributed by atoms with Crippen LogP contribution in [0.2, 0.25) is 0 Å². The smallest absolute Gasteiger partial charge is 0.326 e. The number of carbonyl (C=O) groups is 3. The van der Waals surface area contributed by atoms with Crippen LogP contribution < -0.4 is 15.4 Å².